The zero-order valence-corrected chi connectivity index (χ0v) is 15.6. The van der Waals surface area contributed by atoms with Crippen LogP contribution in [0.5, 0.6) is 0 Å². The second-order valence-electron chi connectivity index (χ2n) is 7.58. The number of carbonyl (C=O) groups is 1. The Morgan fingerprint density at radius 1 is 1.04 bits per heavy atom. The van der Waals surface area contributed by atoms with Crippen LogP contribution < -0.4 is 4.90 Å². The zero-order valence-electron chi connectivity index (χ0n) is 15.6. The number of fused-ring (bicyclic) bond motifs is 1. The summed E-state index contributed by atoms with van der Waals surface area (Å²) in [5.74, 6) is 0.438. The number of likely N-dealkylation sites (tertiary alicyclic amines) is 1. The van der Waals surface area contributed by atoms with E-state index in [0.717, 1.165) is 57.5 Å². The topological polar surface area (TPSA) is 47.3 Å². The highest BCUT2D eigenvalue weighted by Crippen LogP contribution is 2.30. The maximum absolute atomic E-state index is 13.1. The van der Waals surface area contributed by atoms with Gasteiger partial charge in [0.05, 0.1) is 11.6 Å². The molecule has 0 unspecified atom stereocenters. The van der Waals surface area contributed by atoms with Crippen molar-refractivity contribution in [1.82, 2.24) is 4.90 Å². The minimum Gasteiger partial charge on any atom is -0.312 e. The first-order valence-electron chi connectivity index (χ1n) is 9.85. The molecule has 0 saturated carbocycles. The summed E-state index contributed by atoms with van der Waals surface area (Å²) in [4.78, 5) is 17.6. The van der Waals surface area contributed by atoms with Crippen molar-refractivity contribution in [3.8, 4) is 6.07 Å². The molecule has 2 aliphatic rings. The van der Waals surface area contributed by atoms with Crippen molar-refractivity contribution in [2.45, 2.75) is 32.2 Å². The van der Waals surface area contributed by atoms with Gasteiger partial charge in [-0.1, -0.05) is 30.3 Å². The highest BCUT2D eigenvalue weighted by atomic mass is 16.2. The molecule has 0 radical (unpaired) electrons. The Bertz CT molecular complexity index is 845. The number of amides is 1. The van der Waals surface area contributed by atoms with E-state index in [2.05, 4.69) is 29.2 Å². The third-order valence-corrected chi connectivity index (χ3v) is 5.80. The summed E-state index contributed by atoms with van der Waals surface area (Å²) >= 11 is 0. The van der Waals surface area contributed by atoms with E-state index in [0.29, 0.717) is 11.5 Å². The molecule has 1 saturated heterocycles. The summed E-state index contributed by atoms with van der Waals surface area (Å²) in [5, 5.41) is 8.90. The first kappa shape index (κ1) is 17.8. The van der Waals surface area contributed by atoms with Crippen LogP contribution in [-0.4, -0.2) is 30.4 Å². The van der Waals surface area contributed by atoms with Crippen LogP contribution in [-0.2, 0) is 17.8 Å². The SMILES string of the molecule is N#Cc1ccc(CN2CCC(C(=O)N3CCCc4ccccc43)CC2)cc1. The fraction of sp³-hybridized carbons (Fsp3) is 0.391. The van der Waals surface area contributed by atoms with Gasteiger partial charge in [-0.15, -0.1) is 0 Å². The quantitative estimate of drug-likeness (QED) is 0.838. The average Bonchev–Trinajstić information content (AvgIpc) is 2.74. The molecule has 27 heavy (non-hydrogen) atoms. The van der Waals surface area contributed by atoms with Gasteiger partial charge in [0, 0.05) is 24.7 Å². The van der Waals surface area contributed by atoms with E-state index in [1.54, 1.807) is 0 Å². The predicted molar refractivity (Wildman–Crippen MR) is 106 cm³/mol. The molecule has 0 N–H and O–H groups in total. The first-order valence-corrected chi connectivity index (χ1v) is 9.85. The van der Waals surface area contributed by atoms with Gasteiger partial charge in [0.2, 0.25) is 5.91 Å². The molecule has 1 amide bonds. The summed E-state index contributed by atoms with van der Waals surface area (Å²) in [5.41, 5.74) is 4.35. The monoisotopic (exact) mass is 359 g/mol. The molecule has 2 aliphatic heterocycles. The summed E-state index contributed by atoms with van der Waals surface area (Å²) in [6.07, 6.45) is 3.98. The van der Waals surface area contributed by atoms with Crippen molar-refractivity contribution < 1.29 is 4.79 Å². The van der Waals surface area contributed by atoms with E-state index < -0.39 is 0 Å². The normalized spacial score (nSPS) is 18.0. The van der Waals surface area contributed by atoms with Gasteiger partial charge in [-0.3, -0.25) is 9.69 Å². The van der Waals surface area contributed by atoms with Gasteiger partial charge >= 0.3 is 0 Å². The largest absolute Gasteiger partial charge is 0.312 e. The third kappa shape index (κ3) is 3.89. The molecule has 0 atom stereocenters. The Balaban J connectivity index is 1.35. The van der Waals surface area contributed by atoms with Crippen LogP contribution in [0.1, 0.15) is 36.0 Å². The number of benzene rings is 2. The molecule has 2 aromatic rings. The number of aryl methyl sites for hydroxylation is 1. The van der Waals surface area contributed by atoms with Gasteiger partial charge in [0.25, 0.3) is 0 Å². The Morgan fingerprint density at radius 3 is 2.52 bits per heavy atom. The number of carbonyl (C=O) groups excluding carboxylic acids is 1. The van der Waals surface area contributed by atoms with Crippen LogP contribution in [0.25, 0.3) is 0 Å². The van der Waals surface area contributed by atoms with Crippen LogP contribution in [0.3, 0.4) is 0 Å². The van der Waals surface area contributed by atoms with Gasteiger partial charge in [-0.25, -0.2) is 0 Å². The molecule has 2 heterocycles. The molecule has 0 aliphatic carbocycles. The summed E-state index contributed by atoms with van der Waals surface area (Å²) in [6, 6.07) is 18.3. The summed E-state index contributed by atoms with van der Waals surface area (Å²) in [7, 11) is 0. The standard InChI is InChI=1S/C23H25N3O/c24-16-18-7-9-19(10-8-18)17-25-14-11-21(12-15-25)23(27)26-13-3-5-20-4-1-2-6-22(20)26/h1-2,4,6-10,21H,3,5,11-15,17H2. The molecule has 4 heteroatoms. The molecule has 1 fully saturated rings. The van der Waals surface area contributed by atoms with E-state index >= 15 is 0 Å². The van der Waals surface area contributed by atoms with E-state index in [4.69, 9.17) is 5.26 Å². The van der Waals surface area contributed by atoms with E-state index in [9.17, 15) is 4.79 Å². The second-order valence-corrected chi connectivity index (χ2v) is 7.58. The van der Waals surface area contributed by atoms with Crippen molar-refractivity contribution >= 4 is 11.6 Å². The van der Waals surface area contributed by atoms with Crippen LogP contribution >= 0.6 is 0 Å². The zero-order chi connectivity index (χ0) is 18.6. The van der Waals surface area contributed by atoms with Crippen LogP contribution in [0.15, 0.2) is 48.5 Å². The van der Waals surface area contributed by atoms with Crippen molar-refractivity contribution in [1.29, 1.82) is 5.26 Å². The Hall–Kier alpha value is -2.64. The number of para-hydroxylation sites is 1. The van der Waals surface area contributed by atoms with Gasteiger partial charge in [-0.05, 0) is 68.1 Å². The van der Waals surface area contributed by atoms with Gasteiger partial charge < -0.3 is 4.90 Å². The molecule has 4 rings (SSSR count). The smallest absolute Gasteiger partial charge is 0.230 e. The Labute approximate surface area is 161 Å². The molecule has 4 nitrogen and oxygen atoms in total. The molecule has 2 aromatic carbocycles. The molecule has 0 spiro atoms. The van der Waals surface area contributed by atoms with Crippen LogP contribution in [0, 0.1) is 17.2 Å². The van der Waals surface area contributed by atoms with Crippen molar-refractivity contribution in [3.63, 3.8) is 0 Å². The molecular formula is C23H25N3O. The number of nitrogens with zero attached hydrogens (tertiary/aromatic N) is 3. The minimum absolute atomic E-state index is 0.133. The van der Waals surface area contributed by atoms with E-state index in [-0.39, 0.29) is 5.92 Å². The van der Waals surface area contributed by atoms with Gasteiger partial charge in [-0.2, -0.15) is 5.26 Å². The van der Waals surface area contributed by atoms with E-state index in [1.807, 2.05) is 35.2 Å². The molecule has 0 aromatic heterocycles. The van der Waals surface area contributed by atoms with E-state index in [1.165, 1.54) is 11.1 Å². The first-order chi connectivity index (χ1) is 13.2. The maximum atomic E-state index is 13.1. The van der Waals surface area contributed by atoms with Crippen molar-refractivity contribution in [2.75, 3.05) is 24.5 Å². The number of rotatable bonds is 3. The second kappa shape index (κ2) is 7.94. The fourth-order valence-corrected chi connectivity index (χ4v) is 4.26. The van der Waals surface area contributed by atoms with Gasteiger partial charge in [0.15, 0.2) is 0 Å². The maximum Gasteiger partial charge on any atom is 0.230 e. The molecular weight excluding hydrogens is 334 g/mol. The fourth-order valence-electron chi connectivity index (χ4n) is 4.26. The number of hydrogen-bond acceptors (Lipinski definition) is 3. The third-order valence-electron chi connectivity index (χ3n) is 5.80. The predicted octanol–water partition coefficient (Wildman–Crippen LogP) is 3.75. The Morgan fingerprint density at radius 2 is 1.78 bits per heavy atom. The summed E-state index contributed by atoms with van der Waals surface area (Å²) in [6.45, 7) is 3.64. The number of piperidine rings is 1. The van der Waals surface area contributed by atoms with Crippen LogP contribution in [0.2, 0.25) is 0 Å². The molecule has 0 bridgehead atoms. The number of nitriles is 1. The lowest BCUT2D eigenvalue weighted by molar-refractivity contribution is -0.123. The lowest BCUT2D eigenvalue weighted by Gasteiger charge is -2.36. The van der Waals surface area contributed by atoms with Crippen molar-refractivity contribution in [2.24, 2.45) is 5.92 Å². The van der Waals surface area contributed by atoms with Crippen LogP contribution in [0.4, 0.5) is 5.69 Å². The minimum atomic E-state index is 0.133. The highest BCUT2D eigenvalue weighted by Gasteiger charge is 2.31. The van der Waals surface area contributed by atoms with Gasteiger partial charge in [0.1, 0.15) is 0 Å². The molecule has 138 valence electrons. The highest BCUT2D eigenvalue weighted by molar-refractivity contribution is 5.96. The summed E-state index contributed by atoms with van der Waals surface area (Å²) < 4.78 is 0. The lowest BCUT2D eigenvalue weighted by Crippen LogP contribution is -2.44. The average molecular weight is 359 g/mol. The Kier molecular flexibility index (Phi) is 5.22. The number of hydrogen-bond donors (Lipinski definition) is 0. The number of anilines is 1. The lowest BCUT2D eigenvalue weighted by atomic mass is 9.93. The van der Waals surface area contributed by atoms with Crippen molar-refractivity contribution in [3.05, 3.63) is 65.2 Å².